The van der Waals surface area contributed by atoms with Gasteiger partial charge in [-0.25, -0.2) is 9.59 Å². The molecular weight excluding hydrogens is 506 g/mol. The second-order valence-corrected chi connectivity index (χ2v) is 10.6. The molecule has 36 heavy (non-hydrogen) atoms. The first-order valence-electron chi connectivity index (χ1n) is 11.6. The lowest BCUT2D eigenvalue weighted by molar-refractivity contribution is -0.139. The SMILES string of the molecule is CCCCN1C(c2ccc(C)cc2Cl)C(C(=O)OCC)=CN(Cc2ccc(C(=O)ON)cc2)S1(=O)=O. The van der Waals surface area contributed by atoms with E-state index in [1.54, 1.807) is 31.2 Å². The number of ether oxygens (including phenoxy) is 1. The molecule has 2 N–H and O–H groups in total. The van der Waals surface area contributed by atoms with E-state index in [4.69, 9.17) is 22.2 Å². The highest BCUT2D eigenvalue weighted by Gasteiger charge is 2.44. The van der Waals surface area contributed by atoms with Crippen LogP contribution in [0.2, 0.25) is 5.02 Å². The summed E-state index contributed by atoms with van der Waals surface area (Å²) in [5, 5.41) is 0.364. The topological polar surface area (TPSA) is 119 Å². The van der Waals surface area contributed by atoms with Crippen LogP contribution in [0, 0.1) is 6.92 Å². The maximum Gasteiger partial charge on any atom is 0.356 e. The maximum absolute atomic E-state index is 13.9. The van der Waals surface area contributed by atoms with E-state index in [0.29, 0.717) is 22.6 Å². The van der Waals surface area contributed by atoms with Crippen molar-refractivity contribution in [2.24, 2.45) is 5.90 Å². The summed E-state index contributed by atoms with van der Waals surface area (Å²) in [5.41, 5.74) is 2.40. The number of carbonyl (C=O) groups excluding carboxylic acids is 2. The molecule has 0 fully saturated rings. The van der Waals surface area contributed by atoms with Crippen LogP contribution >= 0.6 is 11.6 Å². The number of esters is 1. The van der Waals surface area contributed by atoms with Crippen molar-refractivity contribution in [3.63, 3.8) is 0 Å². The van der Waals surface area contributed by atoms with Crippen LogP contribution in [0.25, 0.3) is 0 Å². The van der Waals surface area contributed by atoms with E-state index in [1.807, 2.05) is 19.9 Å². The Hall–Kier alpha value is -2.92. The molecule has 9 nitrogen and oxygen atoms in total. The number of carbonyl (C=O) groups is 2. The van der Waals surface area contributed by atoms with Crippen LogP contribution < -0.4 is 5.90 Å². The second-order valence-electron chi connectivity index (χ2n) is 8.35. The number of nitrogens with two attached hydrogens (primary N) is 1. The van der Waals surface area contributed by atoms with Gasteiger partial charge in [0, 0.05) is 17.8 Å². The van der Waals surface area contributed by atoms with Crippen molar-refractivity contribution in [2.75, 3.05) is 13.2 Å². The predicted octanol–water partition coefficient (Wildman–Crippen LogP) is 4.03. The summed E-state index contributed by atoms with van der Waals surface area (Å²) in [5.74, 6) is 3.60. The van der Waals surface area contributed by atoms with Gasteiger partial charge in [0.1, 0.15) is 0 Å². The summed E-state index contributed by atoms with van der Waals surface area (Å²) in [6.07, 6.45) is 2.65. The quantitative estimate of drug-likeness (QED) is 0.380. The fourth-order valence-corrected chi connectivity index (χ4v) is 5.97. The number of halogens is 1. The number of aryl methyl sites for hydroxylation is 1. The Labute approximate surface area is 216 Å². The molecule has 1 aliphatic heterocycles. The van der Waals surface area contributed by atoms with Crippen molar-refractivity contribution in [3.8, 4) is 0 Å². The Morgan fingerprint density at radius 1 is 1.08 bits per heavy atom. The first-order valence-corrected chi connectivity index (χ1v) is 13.3. The van der Waals surface area contributed by atoms with Gasteiger partial charge in [-0.15, -0.1) is 0 Å². The summed E-state index contributed by atoms with van der Waals surface area (Å²) in [4.78, 5) is 28.9. The molecule has 1 heterocycles. The lowest BCUT2D eigenvalue weighted by atomic mass is 9.97. The van der Waals surface area contributed by atoms with Crippen LogP contribution in [0.3, 0.4) is 0 Å². The van der Waals surface area contributed by atoms with E-state index in [1.165, 1.54) is 22.6 Å². The maximum atomic E-state index is 13.9. The van der Waals surface area contributed by atoms with Crippen LogP contribution in [-0.2, 0) is 31.1 Å². The minimum Gasteiger partial charge on any atom is -0.463 e. The Morgan fingerprint density at radius 2 is 1.78 bits per heavy atom. The fraction of sp³-hybridized carbons (Fsp3) is 0.360. The number of nitrogens with zero attached hydrogens (tertiary/aromatic N) is 2. The largest absolute Gasteiger partial charge is 0.463 e. The molecule has 3 rings (SSSR count). The lowest BCUT2D eigenvalue weighted by Gasteiger charge is -2.40. The average Bonchev–Trinajstić information content (AvgIpc) is 2.84. The molecule has 0 radical (unpaired) electrons. The van der Waals surface area contributed by atoms with Gasteiger partial charge >= 0.3 is 22.1 Å². The van der Waals surface area contributed by atoms with E-state index in [0.717, 1.165) is 16.3 Å². The molecule has 0 spiro atoms. The van der Waals surface area contributed by atoms with Gasteiger partial charge in [-0.1, -0.05) is 49.2 Å². The molecule has 1 atom stereocenters. The molecule has 0 amide bonds. The molecule has 0 saturated heterocycles. The van der Waals surface area contributed by atoms with Crippen molar-refractivity contribution in [1.29, 1.82) is 0 Å². The first kappa shape index (κ1) is 27.7. The normalized spacial score (nSPS) is 17.4. The minimum atomic E-state index is -4.06. The zero-order valence-electron chi connectivity index (χ0n) is 20.4. The number of hydrogen-bond acceptors (Lipinski definition) is 7. The molecule has 1 unspecified atom stereocenters. The number of benzene rings is 2. The summed E-state index contributed by atoms with van der Waals surface area (Å²) in [6, 6.07) is 10.5. The zero-order valence-corrected chi connectivity index (χ0v) is 22.0. The molecule has 2 aromatic carbocycles. The summed E-state index contributed by atoms with van der Waals surface area (Å²) in [7, 11) is -4.06. The van der Waals surface area contributed by atoms with Crippen LogP contribution in [0.15, 0.2) is 54.2 Å². The smallest absolute Gasteiger partial charge is 0.356 e. The minimum absolute atomic E-state index is 0.0693. The summed E-state index contributed by atoms with van der Waals surface area (Å²) >= 11 is 6.56. The van der Waals surface area contributed by atoms with Gasteiger partial charge in [-0.2, -0.15) is 18.6 Å². The van der Waals surface area contributed by atoms with Gasteiger partial charge in [0.05, 0.1) is 30.3 Å². The molecule has 0 bridgehead atoms. The highest BCUT2D eigenvalue weighted by molar-refractivity contribution is 7.86. The highest BCUT2D eigenvalue weighted by atomic mass is 35.5. The van der Waals surface area contributed by atoms with Crippen LogP contribution in [0.1, 0.15) is 59.8 Å². The van der Waals surface area contributed by atoms with Crippen molar-refractivity contribution in [3.05, 3.63) is 81.5 Å². The van der Waals surface area contributed by atoms with E-state index in [-0.39, 0.29) is 30.8 Å². The van der Waals surface area contributed by atoms with Crippen LogP contribution in [0.5, 0.6) is 0 Å². The van der Waals surface area contributed by atoms with Crippen molar-refractivity contribution in [2.45, 2.75) is 46.2 Å². The fourth-order valence-electron chi connectivity index (χ4n) is 3.95. The Kier molecular flexibility index (Phi) is 9.13. The molecule has 11 heteroatoms. The lowest BCUT2D eigenvalue weighted by Crippen LogP contribution is -2.49. The van der Waals surface area contributed by atoms with Crippen molar-refractivity contribution >= 4 is 33.7 Å². The third kappa shape index (κ3) is 5.89. The van der Waals surface area contributed by atoms with Crippen molar-refractivity contribution < 1.29 is 27.6 Å². The molecule has 0 saturated carbocycles. The van der Waals surface area contributed by atoms with Crippen molar-refractivity contribution in [1.82, 2.24) is 8.61 Å². The molecule has 2 aromatic rings. The van der Waals surface area contributed by atoms with Gasteiger partial charge in [-0.3, -0.25) is 4.31 Å². The Balaban J connectivity index is 2.12. The summed E-state index contributed by atoms with van der Waals surface area (Å²) in [6.45, 7) is 5.77. The Bertz CT molecular complexity index is 1250. The average molecular weight is 536 g/mol. The summed E-state index contributed by atoms with van der Waals surface area (Å²) < 4.78 is 35.4. The predicted molar refractivity (Wildman–Crippen MR) is 136 cm³/mol. The van der Waals surface area contributed by atoms with E-state index in [9.17, 15) is 18.0 Å². The van der Waals surface area contributed by atoms with Gasteiger partial charge in [0.25, 0.3) is 0 Å². The van der Waals surface area contributed by atoms with Gasteiger partial charge in [-0.05, 0) is 55.2 Å². The van der Waals surface area contributed by atoms with Crippen LogP contribution in [-0.4, -0.2) is 42.1 Å². The molecule has 1 aliphatic rings. The second kappa shape index (κ2) is 11.9. The standard InChI is InChI=1S/C25H30ClN3O6S/c1-4-6-13-29-23(20-12-7-17(3)14-22(20)26)21(25(31)34-5-2)16-28(36(29,32)33)15-18-8-10-19(11-9-18)24(30)35-27/h7-12,14,16,23H,4-6,13,15,27H2,1-3H3. The first-order chi connectivity index (χ1) is 17.1. The van der Waals surface area contributed by atoms with Gasteiger partial charge in [0.2, 0.25) is 0 Å². The molecule has 194 valence electrons. The molecule has 0 aromatic heterocycles. The zero-order chi connectivity index (χ0) is 26.5. The van der Waals surface area contributed by atoms with E-state index >= 15 is 0 Å². The van der Waals surface area contributed by atoms with Crippen LogP contribution in [0.4, 0.5) is 0 Å². The van der Waals surface area contributed by atoms with E-state index < -0.39 is 28.2 Å². The Morgan fingerprint density at radius 3 is 2.36 bits per heavy atom. The van der Waals surface area contributed by atoms with E-state index in [2.05, 4.69) is 4.84 Å². The molecular formula is C25H30ClN3O6S. The number of rotatable bonds is 9. The number of unbranched alkanes of at least 4 members (excludes halogenated alkanes) is 1. The van der Waals surface area contributed by atoms with Gasteiger partial charge in [0.15, 0.2) is 0 Å². The third-order valence-corrected chi connectivity index (χ3v) is 7.93. The van der Waals surface area contributed by atoms with Gasteiger partial charge < -0.3 is 9.57 Å². The molecule has 0 aliphatic carbocycles. The monoisotopic (exact) mass is 535 g/mol. The third-order valence-electron chi connectivity index (χ3n) is 5.79. The number of hydrogen-bond donors (Lipinski definition) is 1. The highest BCUT2D eigenvalue weighted by Crippen LogP contribution is 2.41.